The van der Waals surface area contributed by atoms with Gasteiger partial charge in [0.25, 0.3) is 0 Å². The van der Waals surface area contributed by atoms with Crippen LogP contribution in [0.5, 0.6) is 5.75 Å². The van der Waals surface area contributed by atoms with E-state index in [1.54, 1.807) is 14.0 Å². The molecule has 3 rings (SSSR count). The van der Waals surface area contributed by atoms with E-state index in [9.17, 15) is 9.59 Å². The number of rotatable bonds is 6. The van der Waals surface area contributed by atoms with Crippen LogP contribution in [-0.4, -0.2) is 18.7 Å². The smallest absolute Gasteiger partial charge is 0.144 e. The van der Waals surface area contributed by atoms with Gasteiger partial charge in [-0.25, -0.2) is 0 Å². The van der Waals surface area contributed by atoms with Crippen LogP contribution >= 0.6 is 0 Å². The van der Waals surface area contributed by atoms with Gasteiger partial charge in [-0.05, 0) is 55.0 Å². The van der Waals surface area contributed by atoms with Crippen molar-refractivity contribution in [3.63, 3.8) is 0 Å². The molecule has 1 unspecified atom stereocenters. The molecule has 1 aliphatic carbocycles. The van der Waals surface area contributed by atoms with Gasteiger partial charge < -0.3 is 9.53 Å². The van der Waals surface area contributed by atoms with Crippen molar-refractivity contribution in [3.05, 3.63) is 65.2 Å². The molecule has 2 aromatic rings. The van der Waals surface area contributed by atoms with Gasteiger partial charge in [-0.1, -0.05) is 36.4 Å². The van der Waals surface area contributed by atoms with Crippen LogP contribution < -0.4 is 4.74 Å². The van der Waals surface area contributed by atoms with Crippen LogP contribution in [0.3, 0.4) is 0 Å². The second-order valence-electron chi connectivity index (χ2n) is 6.85. The predicted molar refractivity (Wildman–Crippen MR) is 98.0 cm³/mol. The lowest BCUT2D eigenvalue weighted by Crippen LogP contribution is -2.31. The fraction of sp³-hybridized carbons (Fsp3) is 0.364. The van der Waals surface area contributed by atoms with Crippen molar-refractivity contribution < 1.29 is 14.3 Å². The topological polar surface area (TPSA) is 43.4 Å². The van der Waals surface area contributed by atoms with Gasteiger partial charge in [0.1, 0.15) is 17.3 Å². The Bertz CT molecular complexity index is 764. The number of ether oxygens (including phenoxy) is 1. The van der Waals surface area contributed by atoms with E-state index in [-0.39, 0.29) is 23.4 Å². The Morgan fingerprint density at radius 2 is 1.92 bits per heavy atom. The average molecular weight is 336 g/mol. The van der Waals surface area contributed by atoms with Crippen molar-refractivity contribution in [1.29, 1.82) is 0 Å². The van der Waals surface area contributed by atoms with E-state index in [0.29, 0.717) is 12.8 Å². The third kappa shape index (κ3) is 3.98. The molecule has 3 heteroatoms. The van der Waals surface area contributed by atoms with Crippen LogP contribution in [-0.2, 0) is 22.4 Å². The summed E-state index contributed by atoms with van der Waals surface area (Å²) in [6.45, 7) is 1.59. The Balaban J connectivity index is 1.91. The maximum Gasteiger partial charge on any atom is 0.144 e. The van der Waals surface area contributed by atoms with Crippen LogP contribution in [0.15, 0.2) is 48.5 Å². The SMILES string of the molecule is COc1ccc2c(c1)CC(Cc1ccccc1)C(=O)[C@H]2CCC(C)=O. The molecule has 0 fully saturated rings. The molecule has 0 amide bonds. The highest BCUT2D eigenvalue weighted by atomic mass is 16.5. The number of carbonyl (C=O) groups excluding carboxylic acids is 2. The first-order valence-corrected chi connectivity index (χ1v) is 8.82. The highest BCUT2D eigenvalue weighted by molar-refractivity contribution is 5.91. The first kappa shape index (κ1) is 17.4. The fourth-order valence-corrected chi connectivity index (χ4v) is 3.75. The van der Waals surface area contributed by atoms with Gasteiger partial charge in [-0.3, -0.25) is 4.79 Å². The minimum atomic E-state index is -0.188. The Kier molecular flexibility index (Phi) is 5.32. The van der Waals surface area contributed by atoms with Crippen molar-refractivity contribution >= 4 is 11.6 Å². The molecule has 2 aromatic carbocycles. The second-order valence-corrected chi connectivity index (χ2v) is 6.85. The molecule has 0 heterocycles. The molecular weight excluding hydrogens is 312 g/mol. The number of benzene rings is 2. The Morgan fingerprint density at radius 3 is 2.60 bits per heavy atom. The summed E-state index contributed by atoms with van der Waals surface area (Å²) in [7, 11) is 1.66. The molecule has 0 aliphatic heterocycles. The van der Waals surface area contributed by atoms with E-state index in [1.165, 1.54) is 11.1 Å². The van der Waals surface area contributed by atoms with Crippen molar-refractivity contribution in [2.24, 2.45) is 5.92 Å². The van der Waals surface area contributed by atoms with E-state index < -0.39 is 0 Å². The maximum absolute atomic E-state index is 13.1. The molecule has 0 N–H and O–H groups in total. The number of Topliss-reactive ketones (excluding diaryl/α,β-unsaturated/α-hetero) is 2. The number of carbonyl (C=O) groups is 2. The lowest BCUT2D eigenvalue weighted by molar-refractivity contribution is -0.125. The van der Waals surface area contributed by atoms with Crippen molar-refractivity contribution in [1.82, 2.24) is 0 Å². The van der Waals surface area contributed by atoms with Crippen LogP contribution in [0.2, 0.25) is 0 Å². The van der Waals surface area contributed by atoms with E-state index in [2.05, 4.69) is 12.1 Å². The Morgan fingerprint density at radius 1 is 1.16 bits per heavy atom. The average Bonchev–Trinajstić information content (AvgIpc) is 2.62. The Hall–Kier alpha value is -2.42. The molecule has 0 saturated carbocycles. The molecule has 2 atom stereocenters. The lowest BCUT2D eigenvalue weighted by Gasteiger charge is -2.31. The summed E-state index contributed by atoms with van der Waals surface area (Å²) in [5, 5.41) is 0. The number of ketones is 2. The molecule has 0 aromatic heterocycles. The lowest BCUT2D eigenvalue weighted by atomic mass is 9.72. The zero-order valence-corrected chi connectivity index (χ0v) is 14.8. The largest absolute Gasteiger partial charge is 0.497 e. The van der Waals surface area contributed by atoms with Crippen LogP contribution in [0, 0.1) is 5.92 Å². The molecule has 25 heavy (non-hydrogen) atoms. The van der Waals surface area contributed by atoms with Crippen LogP contribution in [0.4, 0.5) is 0 Å². The molecule has 3 nitrogen and oxygen atoms in total. The summed E-state index contributed by atoms with van der Waals surface area (Å²) in [5.74, 6) is 0.985. The van der Waals surface area contributed by atoms with Crippen LogP contribution in [0.1, 0.15) is 42.4 Å². The third-order valence-electron chi connectivity index (χ3n) is 5.05. The van der Waals surface area contributed by atoms with Crippen molar-refractivity contribution in [2.75, 3.05) is 7.11 Å². The van der Waals surface area contributed by atoms with Gasteiger partial charge in [-0.2, -0.15) is 0 Å². The van der Waals surface area contributed by atoms with E-state index in [4.69, 9.17) is 4.74 Å². The minimum absolute atomic E-state index is 0.0426. The normalized spacial score (nSPS) is 19.4. The number of methoxy groups -OCH3 is 1. The summed E-state index contributed by atoms with van der Waals surface area (Å²) < 4.78 is 5.36. The fourth-order valence-electron chi connectivity index (χ4n) is 3.75. The van der Waals surface area contributed by atoms with E-state index >= 15 is 0 Å². The quantitative estimate of drug-likeness (QED) is 0.796. The van der Waals surface area contributed by atoms with Gasteiger partial charge >= 0.3 is 0 Å². The zero-order valence-electron chi connectivity index (χ0n) is 14.8. The summed E-state index contributed by atoms with van der Waals surface area (Å²) in [5.41, 5.74) is 3.42. The van der Waals surface area contributed by atoms with Gasteiger partial charge in [0.15, 0.2) is 0 Å². The highest BCUT2D eigenvalue weighted by Crippen LogP contribution is 2.38. The first-order valence-electron chi connectivity index (χ1n) is 8.82. The van der Waals surface area contributed by atoms with Gasteiger partial charge in [0.05, 0.1) is 7.11 Å². The van der Waals surface area contributed by atoms with E-state index in [1.807, 2.05) is 36.4 Å². The number of hydrogen-bond donors (Lipinski definition) is 0. The van der Waals surface area contributed by atoms with Crippen molar-refractivity contribution in [2.45, 2.75) is 38.5 Å². The van der Waals surface area contributed by atoms with Gasteiger partial charge in [0, 0.05) is 18.3 Å². The molecule has 130 valence electrons. The molecule has 0 bridgehead atoms. The third-order valence-corrected chi connectivity index (χ3v) is 5.05. The molecular formula is C22H24O3. The van der Waals surface area contributed by atoms with Gasteiger partial charge in [-0.15, -0.1) is 0 Å². The molecule has 0 saturated heterocycles. The standard InChI is InChI=1S/C22H24O3/c1-15(23)8-10-21-20-11-9-19(25-2)14-17(20)13-18(22(21)24)12-16-6-4-3-5-7-16/h3-7,9,11,14,18,21H,8,10,12-13H2,1-2H3/t18?,21-/m0/s1. The monoisotopic (exact) mass is 336 g/mol. The van der Waals surface area contributed by atoms with E-state index in [0.717, 1.165) is 24.2 Å². The summed E-state index contributed by atoms with van der Waals surface area (Å²) in [4.78, 5) is 24.6. The predicted octanol–water partition coefficient (Wildman–Crippen LogP) is 4.13. The Labute approximate surface area is 149 Å². The summed E-state index contributed by atoms with van der Waals surface area (Å²) in [6.07, 6.45) is 2.52. The molecule has 0 radical (unpaired) electrons. The van der Waals surface area contributed by atoms with Crippen molar-refractivity contribution in [3.8, 4) is 5.75 Å². The number of fused-ring (bicyclic) bond motifs is 1. The second kappa shape index (κ2) is 7.64. The van der Waals surface area contributed by atoms with Crippen LogP contribution in [0.25, 0.3) is 0 Å². The molecule has 0 spiro atoms. The summed E-state index contributed by atoms with van der Waals surface area (Å²) in [6, 6.07) is 16.1. The first-order chi connectivity index (χ1) is 12.1. The zero-order chi connectivity index (χ0) is 17.8. The van der Waals surface area contributed by atoms with Gasteiger partial charge in [0.2, 0.25) is 0 Å². The highest BCUT2D eigenvalue weighted by Gasteiger charge is 2.35. The minimum Gasteiger partial charge on any atom is -0.497 e. The number of hydrogen-bond acceptors (Lipinski definition) is 3. The summed E-state index contributed by atoms with van der Waals surface area (Å²) >= 11 is 0. The maximum atomic E-state index is 13.1. The molecule has 1 aliphatic rings.